The van der Waals surface area contributed by atoms with Crippen LogP contribution < -0.4 is 0 Å². The molecular weight excluding hydrogens is 183 g/mol. The van der Waals surface area contributed by atoms with Gasteiger partial charge in [-0.25, -0.2) is 0 Å². The molecule has 0 atom stereocenters. The van der Waals surface area contributed by atoms with Crippen molar-refractivity contribution >= 4 is 32.0 Å². The summed E-state index contributed by atoms with van der Waals surface area (Å²) in [4.78, 5) is 0. The summed E-state index contributed by atoms with van der Waals surface area (Å²) in [6, 6.07) is 1.98. The number of hydrogen-bond donors (Lipinski definition) is 0. The predicted molar refractivity (Wildman–Crippen MR) is 52.7 cm³/mol. The molecule has 0 heterocycles. The first kappa shape index (κ1) is 10.3. The molecule has 0 aromatic rings. The van der Waals surface area contributed by atoms with Crippen LogP contribution in [0.25, 0.3) is 0 Å². The first-order chi connectivity index (χ1) is 4.72. The van der Waals surface area contributed by atoms with Gasteiger partial charge in [0, 0.05) is 0 Å². The van der Waals surface area contributed by atoms with Crippen molar-refractivity contribution in [3.8, 4) is 0 Å². The van der Waals surface area contributed by atoms with Crippen molar-refractivity contribution in [1.29, 1.82) is 0 Å². The molecule has 0 saturated heterocycles. The van der Waals surface area contributed by atoms with E-state index in [1.807, 2.05) is 12.2 Å². The maximum atomic E-state index is 5.73. The highest BCUT2D eigenvalue weighted by molar-refractivity contribution is 6.80. The van der Waals surface area contributed by atoms with Crippen LogP contribution in [0.2, 0.25) is 12.1 Å². The van der Waals surface area contributed by atoms with Crippen LogP contribution in [0, 0.1) is 0 Å². The molecule has 0 aliphatic heterocycles. The van der Waals surface area contributed by atoms with Gasteiger partial charge in [0.05, 0.1) is 13.3 Å². The molecule has 0 N–H and O–H groups in total. The van der Waals surface area contributed by atoms with Gasteiger partial charge in [-0.05, 0) is 12.1 Å². The molecule has 0 radical (unpaired) electrons. The minimum Gasteiger partial charge on any atom is -0.110 e. The summed E-state index contributed by atoms with van der Waals surface area (Å²) in [6.45, 7) is 7.30. The highest BCUT2D eigenvalue weighted by Gasteiger charge is 2.14. The maximum Gasteiger partial charge on any atom is 0.0948 e. The molecule has 0 spiro atoms. The molecule has 0 aliphatic carbocycles. The second kappa shape index (κ2) is 6.02. The van der Waals surface area contributed by atoms with Crippen LogP contribution in [0.5, 0.6) is 0 Å². The third-order valence-corrected chi connectivity index (χ3v) is 6.02. The summed E-state index contributed by atoms with van der Waals surface area (Å²) in [7, 11) is -1.01. The molecule has 10 heavy (non-hydrogen) atoms. The summed E-state index contributed by atoms with van der Waals surface area (Å²) >= 11 is 11.5. The topological polar surface area (TPSA) is 0 Å². The lowest BCUT2D eigenvalue weighted by Gasteiger charge is -2.10. The minimum absolute atomic E-state index is 0.170. The van der Waals surface area contributed by atoms with E-state index in [4.69, 9.17) is 23.2 Å². The monoisotopic (exact) mass is 194 g/mol. The van der Waals surface area contributed by atoms with E-state index in [-0.39, 0.29) is 4.46 Å². The Kier molecular flexibility index (Phi) is 6.18. The number of alkyl halides is 2. The molecule has 0 rings (SSSR count). The number of rotatable bonds is 5. The highest BCUT2D eigenvalue weighted by atomic mass is 35.5. The lowest BCUT2D eigenvalue weighted by molar-refractivity contribution is 1.48. The molecule has 0 unspecified atom stereocenters. The van der Waals surface area contributed by atoms with Crippen LogP contribution in [0.1, 0.15) is 0 Å². The maximum absolute atomic E-state index is 5.73. The standard InChI is InChI=1S/C7H12Cl2Si/c1-3-5-10(6-4-2)7(8)9/h3-4,7,10H,1-2,5-6H2. The van der Waals surface area contributed by atoms with Crippen LogP contribution in [0.15, 0.2) is 25.3 Å². The van der Waals surface area contributed by atoms with Crippen molar-refractivity contribution in [3.63, 3.8) is 0 Å². The van der Waals surface area contributed by atoms with Crippen molar-refractivity contribution in [2.45, 2.75) is 16.5 Å². The molecule has 0 aliphatic rings. The van der Waals surface area contributed by atoms with Gasteiger partial charge in [0.25, 0.3) is 0 Å². The van der Waals surface area contributed by atoms with Gasteiger partial charge >= 0.3 is 0 Å². The van der Waals surface area contributed by atoms with Crippen LogP contribution in [-0.4, -0.2) is 13.3 Å². The Morgan fingerprint density at radius 1 is 1.20 bits per heavy atom. The molecule has 0 amide bonds. The smallest absolute Gasteiger partial charge is 0.0948 e. The molecule has 0 aromatic carbocycles. The van der Waals surface area contributed by atoms with E-state index < -0.39 is 8.80 Å². The molecule has 0 fully saturated rings. The van der Waals surface area contributed by atoms with Crippen molar-refractivity contribution in [1.82, 2.24) is 0 Å². The molecule has 0 bridgehead atoms. The highest BCUT2D eigenvalue weighted by Crippen LogP contribution is 2.14. The van der Waals surface area contributed by atoms with Crippen LogP contribution in [-0.2, 0) is 0 Å². The van der Waals surface area contributed by atoms with Gasteiger partial charge in [-0.3, -0.25) is 0 Å². The van der Waals surface area contributed by atoms with Gasteiger partial charge in [0.1, 0.15) is 0 Å². The van der Waals surface area contributed by atoms with Gasteiger partial charge in [-0.15, -0.1) is 36.4 Å². The third kappa shape index (κ3) is 4.15. The van der Waals surface area contributed by atoms with E-state index >= 15 is 0 Å². The zero-order chi connectivity index (χ0) is 7.98. The average molecular weight is 195 g/mol. The summed E-state index contributed by atoms with van der Waals surface area (Å²) < 4.78 is -0.170. The van der Waals surface area contributed by atoms with E-state index in [1.54, 1.807) is 0 Å². The number of halogens is 2. The molecule has 58 valence electrons. The Labute approximate surface area is 74.1 Å². The van der Waals surface area contributed by atoms with E-state index in [2.05, 4.69) is 13.2 Å². The van der Waals surface area contributed by atoms with Crippen molar-refractivity contribution in [2.75, 3.05) is 0 Å². The Morgan fingerprint density at radius 2 is 1.60 bits per heavy atom. The summed E-state index contributed by atoms with van der Waals surface area (Å²) in [6.07, 6.45) is 3.77. The number of hydrogen-bond acceptors (Lipinski definition) is 0. The van der Waals surface area contributed by atoms with Gasteiger partial charge < -0.3 is 0 Å². The van der Waals surface area contributed by atoms with Crippen molar-refractivity contribution in [2.24, 2.45) is 0 Å². The van der Waals surface area contributed by atoms with Gasteiger partial charge in [0.2, 0.25) is 0 Å². The zero-order valence-electron chi connectivity index (χ0n) is 5.89. The lowest BCUT2D eigenvalue weighted by atomic mass is 10.7. The Hall–Kier alpha value is 0.277. The Bertz CT molecular complexity index is 102. The van der Waals surface area contributed by atoms with Gasteiger partial charge in [0.15, 0.2) is 0 Å². The fourth-order valence-electron chi connectivity index (χ4n) is 0.730. The Morgan fingerprint density at radius 3 is 1.80 bits per heavy atom. The zero-order valence-corrected chi connectivity index (χ0v) is 8.56. The van der Waals surface area contributed by atoms with Gasteiger partial charge in [-0.2, -0.15) is 0 Å². The summed E-state index contributed by atoms with van der Waals surface area (Å²) in [5.41, 5.74) is 0. The first-order valence-electron chi connectivity index (χ1n) is 3.22. The SMILES string of the molecule is C=CC[SiH](CC=C)C(Cl)Cl. The lowest BCUT2D eigenvalue weighted by Crippen LogP contribution is -2.19. The predicted octanol–water partition coefficient (Wildman–Crippen LogP) is 2.93. The van der Waals surface area contributed by atoms with Crippen LogP contribution in [0.4, 0.5) is 0 Å². The molecular formula is C7H12Cl2Si. The quantitative estimate of drug-likeness (QED) is 0.359. The third-order valence-electron chi connectivity index (χ3n) is 1.30. The van der Waals surface area contributed by atoms with E-state index in [9.17, 15) is 0 Å². The minimum atomic E-state index is -1.01. The van der Waals surface area contributed by atoms with E-state index in [1.165, 1.54) is 0 Å². The Balaban J connectivity index is 3.70. The van der Waals surface area contributed by atoms with Crippen LogP contribution >= 0.6 is 23.2 Å². The molecule has 0 nitrogen and oxygen atoms in total. The van der Waals surface area contributed by atoms with Crippen LogP contribution in [0.3, 0.4) is 0 Å². The largest absolute Gasteiger partial charge is 0.110 e. The fourth-order valence-corrected chi connectivity index (χ4v) is 3.42. The first-order valence-corrected chi connectivity index (χ1v) is 6.39. The summed E-state index contributed by atoms with van der Waals surface area (Å²) in [5, 5.41) is 0. The van der Waals surface area contributed by atoms with E-state index in [0.29, 0.717) is 0 Å². The van der Waals surface area contributed by atoms with Crippen molar-refractivity contribution < 1.29 is 0 Å². The van der Waals surface area contributed by atoms with Gasteiger partial charge in [-0.1, -0.05) is 12.2 Å². The summed E-state index contributed by atoms with van der Waals surface area (Å²) in [5.74, 6) is 0. The van der Waals surface area contributed by atoms with Crippen molar-refractivity contribution in [3.05, 3.63) is 25.3 Å². The second-order valence-corrected chi connectivity index (χ2v) is 7.28. The molecule has 0 saturated carbocycles. The second-order valence-electron chi connectivity index (χ2n) is 2.14. The molecule has 3 heteroatoms. The number of allylic oxidation sites excluding steroid dienone is 2. The normalized spacial score (nSPS) is 10.4. The molecule has 0 aromatic heterocycles. The van der Waals surface area contributed by atoms with E-state index in [0.717, 1.165) is 12.1 Å². The fraction of sp³-hybridized carbons (Fsp3) is 0.429. The average Bonchev–Trinajstić information content (AvgIpc) is 1.87.